The summed E-state index contributed by atoms with van der Waals surface area (Å²) in [5, 5.41) is 20.3. The number of amides is 1. The molecule has 1 aliphatic heterocycles. The molecule has 1 saturated heterocycles. The maximum Gasteiger partial charge on any atom is 0.305 e. The second-order valence-electron chi connectivity index (χ2n) is 4.34. The number of nitrogens with zero attached hydrogens (tertiary/aromatic N) is 2. The largest absolute Gasteiger partial charge is 0.481 e. The van der Waals surface area contributed by atoms with Crippen LogP contribution in [0.15, 0.2) is 24.3 Å². The summed E-state index contributed by atoms with van der Waals surface area (Å²) in [6.45, 7) is 0.439. The first-order valence-electron chi connectivity index (χ1n) is 5.85. The topological polar surface area (TPSA) is 93.4 Å². The number of carbonyl (C=O) groups excluding carboxylic acids is 1. The standard InChI is InChI=1S/C13H13N3O3/c14-6-9-1-3-10(4-2-9)16-8-12(17)15-7-11(16)5-13(18)19/h1-4,11H,5,7-8H2,(H,15,17)(H,18,19). The first-order valence-corrected chi connectivity index (χ1v) is 5.85. The Hall–Kier alpha value is -2.55. The van der Waals surface area contributed by atoms with E-state index in [-0.39, 0.29) is 24.9 Å². The molecule has 1 fully saturated rings. The number of benzene rings is 1. The lowest BCUT2D eigenvalue weighted by Gasteiger charge is -2.36. The molecule has 0 spiro atoms. The van der Waals surface area contributed by atoms with Crippen molar-refractivity contribution in [2.45, 2.75) is 12.5 Å². The van der Waals surface area contributed by atoms with E-state index in [2.05, 4.69) is 5.32 Å². The Morgan fingerprint density at radius 3 is 2.74 bits per heavy atom. The van der Waals surface area contributed by atoms with E-state index in [1.54, 1.807) is 29.2 Å². The van der Waals surface area contributed by atoms with Crippen LogP contribution >= 0.6 is 0 Å². The maximum atomic E-state index is 11.4. The van der Waals surface area contributed by atoms with Crippen LogP contribution < -0.4 is 10.2 Å². The fraction of sp³-hybridized carbons (Fsp3) is 0.308. The summed E-state index contributed by atoms with van der Waals surface area (Å²) in [7, 11) is 0. The molecule has 2 rings (SSSR count). The highest BCUT2D eigenvalue weighted by Gasteiger charge is 2.28. The normalized spacial score (nSPS) is 18.6. The number of carbonyl (C=O) groups is 2. The van der Waals surface area contributed by atoms with Crippen LogP contribution in [0.1, 0.15) is 12.0 Å². The minimum absolute atomic E-state index is 0.0414. The van der Waals surface area contributed by atoms with E-state index in [1.807, 2.05) is 6.07 Å². The summed E-state index contributed by atoms with van der Waals surface area (Å²) >= 11 is 0. The van der Waals surface area contributed by atoms with Crippen LogP contribution in [-0.2, 0) is 9.59 Å². The number of aliphatic carboxylic acids is 1. The maximum absolute atomic E-state index is 11.4. The summed E-state index contributed by atoms with van der Waals surface area (Å²) in [6.07, 6.45) is -0.0414. The molecule has 6 heteroatoms. The van der Waals surface area contributed by atoms with Gasteiger partial charge in [-0.25, -0.2) is 0 Å². The van der Waals surface area contributed by atoms with E-state index in [9.17, 15) is 9.59 Å². The monoisotopic (exact) mass is 259 g/mol. The zero-order valence-corrected chi connectivity index (χ0v) is 10.2. The van der Waals surface area contributed by atoms with Crippen molar-refractivity contribution in [3.8, 4) is 6.07 Å². The van der Waals surface area contributed by atoms with Gasteiger partial charge in [-0.1, -0.05) is 0 Å². The van der Waals surface area contributed by atoms with Crippen LogP contribution in [0.25, 0.3) is 0 Å². The van der Waals surface area contributed by atoms with Gasteiger partial charge in [0, 0.05) is 12.2 Å². The van der Waals surface area contributed by atoms with Crippen molar-refractivity contribution < 1.29 is 14.7 Å². The van der Waals surface area contributed by atoms with Crippen LogP contribution in [0.2, 0.25) is 0 Å². The van der Waals surface area contributed by atoms with E-state index in [0.29, 0.717) is 12.1 Å². The number of hydrogen-bond acceptors (Lipinski definition) is 4. The van der Waals surface area contributed by atoms with E-state index >= 15 is 0 Å². The van der Waals surface area contributed by atoms with Crippen molar-refractivity contribution in [2.75, 3.05) is 18.0 Å². The van der Waals surface area contributed by atoms with Crippen LogP contribution in [-0.4, -0.2) is 36.1 Å². The van der Waals surface area contributed by atoms with Crippen LogP contribution in [0.3, 0.4) is 0 Å². The molecule has 1 heterocycles. The van der Waals surface area contributed by atoms with Gasteiger partial charge in [-0.15, -0.1) is 0 Å². The zero-order valence-electron chi connectivity index (χ0n) is 10.2. The number of rotatable bonds is 3. The van der Waals surface area contributed by atoms with Gasteiger partial charge in [-0.2, -0.15) is 5.26 Å². The molecule has 98 valence electrons. The van der Waals surface area contributed by atoms with Gasteiger partial charge in [0.15, 0.2) is 0 Å². The first-order chi connectivity index (χ1) is 9.10. The van der Waals surface area contributed by atoms with Crippen LogP contribution in [0.4, 0.5) is 5.69 Å². The third kappa shape index (κ3) is 3.01. The Bertz CT molecular complexity index is 533. The lowest BCUT2D eigenvalue weighted by Crippen LogP contribution is -2.55. The van der Waals surface area contributed by atoms with E-state index < -0.39 is 5.97 Å². The second-order valence-corrected chi connectivity index (χ2v) is 4.34. The van der Waals surface area contributed by atoms with Crippen molar-refractivity contribution in [1.82, 2.24) is 5.32 Å². The summed E-state index contributed by atoms with van der Waals surface area (Å²) in [5.41, 5.74) is 1.28. The molecular weight excluding hydrogens is 246 g/mol. The van der Waals surface area contributed by atoms with E-state index in [1.165, 1.54) is 0 Å². The number of piperazine rings is 1. The number of nitrogens with one attached hydrogen (secondary N) is 1. The van der Waals surface area contributed by atoms with Crippen LogP contribution in [0, 0.1) is 11.3 Å². The van der Waals surface area contributed by atoms with Gasteiger partial charge < -0.3 is 15.3 Å². The number of anilines is 1. The van der Waals surface area contributed by atoms with Crippen molar-refractivity contribution in [2.24, 2.45) is 0 Å². The highest BCUT2D eigenvalue weighted by molar-refractivity contribution is 5.83. The fourth-order valence-corrected chi connectivity index (χ4v) is 2.10. The van der Waals surface area contributed by atoms with Gasteiger partial charge in [-0.3, -0.25) is 9.59 Å². The summed E-state index contributed by atoms with van der Waals surface area (Å²) in [4.78, 5) is 24.1. The highest BCUT2D eigenvalue weighted by atomic mass is 16.4. The fourth-order valence-electron chi connectivity index (χ4n) is 2.10. The SMILES string of the molecule is N#Cc1ccc(N2CC(=O)NCC2CC(=O)O)cc1. The van der Waals surface area contributed by atoms with Crippen molar-refractivity contribution in [3.05, 3.63) is 29.8 Å². The van der Waals surface area contributed by atoms with Crippen molar-refractivity contribution >= 4 is 17.6 Å². The average Bonchev–Trinajstić information content (AvgIpc) is 2.40. The lowest BCUT2D eigenvalue weighted by molar-refractivity contribution is -0.138. The first kappa shape index (κ1) is 12.9. The molecule has 0 saturated carbocycles. The smallest absolute Gasteiger partial charge is 0.305 e. The van der Waals surface area contributed by atoms with Gasteiger partial charge in [0.25, 0.3) is 0 Å². The highest BCUT2D eigenvalue weighted by Crippen LogP contribution is 2.20. The molecule has 0 bridgehead atoms. The third-order valence-electron chi connectivity index (χ3n) is 3.03. The van der Waals surface area contributed by atoms with Crippen molar-refractivity contribution in [1.29, 1.82) is 5.26 Å². The molecule has 1 unspecified atom stereocenters. The van der Waals surface area contributed by atoms with Gasteiger partial charge in [0.2, 0.25) is 5.91 Å². The predicted molar refractivity (Wildman–Crippen MR) is 67.6 cm³/mol. The van der Waals surface area contributed by atoms with Gasteiger partial charge >= 0.3 is 5.97 Å². The predicted octanol–water partition coefficient (Wildman–Crippen LogP) is 0.338. The number of carboxylic acid groups (broad SMARTS) is 1. The van der Waals surface area contributed by atoms with Gasteiger partial charge in [0.1, 0.15) is 0 Å². The minimum atomic E-state index is -0.903. The molecule has 2 N–H and O–H groups in total. The average molecular weight is 259 g/mol. The molecule has 0 aliphatic carbocycles. The molecule has 1 atom stereocenters. The minimum Gasteiger partial charge on any atom is -0.481 e. The molecule has 0 radical (unpaired) electrons. The molecule has 0 aromatic heterocycles. The van der Waals surface area contributed by atoms with Gasteiger partial charge in [0.05, 0.1) is 30.6 Å². The van der Waals surface area contributed by atoms with Crippen LogP contribution in [0.5, 0.6) is 0 Å². The van der Waals surface area contributed by atoms with Gasteiger partial charge in [-0.05, 0) is 24.3 Å². The Morgan fingerprint density at radius 2 is 2.16 bits per heavy atom. The zero-order chi connectivity index (χ0) is 13.8. The Balaban J connectivity index is 2.23. The van der Waals surface area contributed by atoms with E-state index in [0.717, 1.165) is 5.69 Å². The lowest BCUT2D eigenvalue weighted by atomic mass is 10.1. The second kappa shape index (κ2) is 5.40. The summed E-state index contributed by atoms with van der Waals surface area (Å²) < 4.78 is 0. The number of hydrogen-bond donors (Lipinski definition) is 2. The molecular formula is C13H13N3O3. The Morgan fingerprint density at radius 1 is 1.47 bits per heavy atom. The van der Waals surface area contributed by atoms with Crippen molar-refractivity contribution in [3.63, 3.8) is 0 Å². The molecule has 1 aromatic rings. The summed E-state index contributed by atoms with van der Waals surface area (Å²) in [6, 6.07) is 8.50. The quantitative estimate of drug-likeness (QED) is 0.816. The number of carboxylic acids is 1. The Kier molecular flexibility index (Phi) is 3.66. The molecule has 1 aliphatic rings. The molecule has 19 heavy (non-hydrogen) atoms. The Labute approximate surface area is 110 Å². The number of nitriles is 1. The summed E-state index contributed by atoms with van der Waals surface area (Å²) in [5.74, 6) is -1.04. The molecule has 6 nitrogen and oxygen atoms in total. The van der Waals surface area contributed by atoms with E-state index in [4.69, 9.17) is 10.4 Å². The third-order valence-corrected chi connectivity index (χ3v) is 3.03. The molecule has 1 amide bonds. The molecule has 1 aromatic carbocycles.